The van der Waals surface area contributed by atoms with Crippen LogP contribution in [0, 0.1) is 5.92 Å². The molecule has 1 aliphatic carbocycles. The van der Waals surface area contributed by atoms with Crippen LogP contribution in [0.1, 0.15) is 50.6 Å². The number of methoxy groups -OCH3 is 1. The Morgan fingerprint density at radius 3 is 2.40 bits per heavy atom. The highest BCUT2D eigenvalue weighted by Gasteiger charge is 2.33. The fourth-order valence-electron chi connectivity index (χ4n) is 4.06. The van der Waals surface area contributed by atoms with E-state index in [2.05, 4.69) is 0 Å². The number of amides is 2. The molecule has 0 bridgehead atoms. The number of piperazine rings is 1. The third-order valence-electron chi connectivity index (χ3n) is 5.58. The van der Waals surface area contributed by atoms with Crippen molar-refractivity contribution in [3.8, 4) is 5.75 Å². The largest absolute Gasteiger partial charge is 0.497 e. The van der Waals surface area contributed by atoms with Gasteiger partial charge in [-0.3, -0.25) is 9.59 Å². The van der Waals surface area contributed by atoms with Crippen LogP contribution in [0.3, 0.4) is 0 Å². The van der Waals surface area contributed by atoms with Crippen LogP contribution in [0.4, 0.5) is 0 Å². The van der Waals surface area contributed by atoms with Gasteiger partial charge in [-0.2, -0.15) is 0 Å². The van der Waals surface area contributed by atoms with Gasteiger partial charge in [-0.05, 0) is 36.5 Å². The van der Waals surface area contributed by atoms with Crippen molar-refractivity contribution in [1.29, 1.82) is 0 Å². The SMILES string of the molecule is COc1ccc([C@@H]2CN(C(C)=O)CCN2C(=O)CC2CCCC2)cc1. The highest BCUT2D eigenvalue weighted by atomic mass is 16.5. The van der Waals surface area contributed by atoms with E-state index in [-0.39, 0.29) is 17.9 Å². The summed E-state index contributed by atoms with van der Waals surface area (Å²) in [4.78, 5) is 28.6. The zero-order chi connectivity index (χ0) is 17.8. The fourth-order valence-corrected chi connectivity index (χ4v) is 4.06. The van der Waals surface area contributed by atoms with E-state index >= 15 is 0 Å². The summed E-state index contributed by atoms with van der Waals surface area (Å²) >= 11 is 0. The van der Waals surface area contributed by atoms with Crippen molar-refractivity contribution < 1.29 is 14.3 Å². The maximum Gasteiger partial charge on any atom is 0.223 e. The molecule has 0 unspecified atom stereocenters. The van der Waals surface area contributed by atoms with Gasteiger partial charge in [0, 0.05) is 33.0 Å². The van der Waals surface area contributed by atoms with Crippen molar-refractivity contribution in [2.24, 2.45) is 5.92 Å². The van der Waals surface area contributed by atoms with Gasteiger partial charge in [0.2, 0.25) is 11.8 Å². The van der Waals surface area contributed by atoms with E-state index in [1.807, 2.05) is 34.1 Å². The van der Waals surface area contributed by atoms with Crippen LogP contribution in [-0.2, 0) is 9.59 Å². The third kappa shape index (κ3) is 4.14. The summed E-state index contributed by atoms with van der Waals surface area (Å²) in [5, 5.41) is 0. The molecule has 0 spiro atoms. The molecule has 3 rings (SSSR count). The average Bonchev–Trinajstić information content (AvgIpc) is 3.14. The molecule has 1 aromatic rings. The molecule has 5 nitrogen and oxygen atoms in total. The van der Waals surface area contributed by atoms with Gasteiger partial charge in [-0.1, -0.05) is 25.0 Å². The average molecular weight is 344 g/mol. The summed E-state index contributed by atoms with van der Waals surface area (Å²) in [5.41, 5.74) is 1.06. The summed E-state index contributed by atoms with van der Waals surface area (Å²) in [5.74, 6) is 1.64. The van der Waals surface area contributed by atoms with E-state index in [1.165, 1.54) is 25.7 Å². The minimum absolute atomic E-state index is 0.0707. The second-order valence-electron chi connectivity index (χ2n) is 7.20. The lowest BCUT2D eigenvalue weighted by molar-refractivity contribution is -0.142. The standard InChI is InChI=1S/C20H28N2O3/c1-15(23)21-11-12-22(20(24)13-16-5-3-4-6-16)19(14-21)17-7-9-18(25-2)10-8-17/h7-10,16,19H,3-6,11-14H2,1-2H3/t19-/m0/s1. The van der Waals surface area contributed by atoms with Gasteiger partial charge in [-0.15, -0.1) is 0 Å². The molecule has 1 aliphatic heterocycles. The molecular weight excluding hydrogens is 316 g/mol. The summed E-state index contributed by atoms with van der Waals surface area (Å²) in [6.07, 6.45) is 5.49. The number of rotatable bonds is 4. The van der Waals surface area contributed by atoms with E-state index in [0.717, 1.165) is 11.3 Å². The van der Waals surface area contributed by atoms with Crippen LogP contribution < -0.4 is 4.74 Å². The van der Waals surface area contributed by atoms with Crippen molar-refractivity contribution in [1.82, 2.24) is 9.80 Å². The molecule has 1 saturated heterocycles. The number of hydrogen-bond acceptors (Lipinski definition) is 3. The van der Waals surface area contributed by atoms with Gasteiger partial charge in [0.15, 0.2) is 0 Å². The highest BCUT2D eigenvalue weighted by Crippen LogP contribution is 2.32. The fraction of sp³-hybridized carbons (Fsp3) is 0.600. The molecule has 25 heavy (non-hydrogen) atoms. The monoisotopic (exact) mass is 344 g/mol. The van der Waals surface area contributed by atoms with Gasteiger partial charge in [0.05, 0.1) is 13.2 Å². The Labute approximate surface area is 149 Å². The van der Waals surface area contributed by atoms with Crippen molar-refractivity contribution in [2.45, 2.75) is 45.1 Å². The first-order chi connectivity index (χ1) is 12.1. The Hall–Kier alpha value is -2.04. The summed E-state index contributed by atoms with van der Waals surface area (Å²) < 4.78 is 5.23. The maximum atomic E-state index is 12.9. The highest BCUT2D eigenvalue weighted by molar-refractivity contribution is 5.78. The summed E-state index contributed by atoms with van der Waals surface area (Å²) in [6, 6.07) is 7.77. The van der Waals surface area contributed by atoms with E-state index < -0.39 is 0 Å². The summed E-state index contributed by atoms with van der Waals surface area (Å²) in [6.45, 7) is 3.40. The zero-order valence-corrected chi connectivity index (χ0v) is 15.2. The molecule has 1 atom stereocenters. The Kier molecular flexibility index (Phi) is 5.61. The van der Waals surface area contributed by atoms with Crippen molar-refractivity contribution in [3.05, 3.63) is 29.8 Å². The maximum absolute atomic E-state index is 12.9. The quantitative estimate of drug-likeness (QED) is 0.844. The predicted octanol–water partition coefficient (Wildman–Crippen LogP) is 3.01. The van der Waals surface area contributed by atoms with Crippen molar-refractivity contribution in [2.75, 3.05) is 26.7 Å². The Bertz CT molecular complexity index is 608. The number of benzene rings is 1. The first-order valence-corrected chi connectivity index (χ1v) is 9.27. The smallest absolute Gasteiger partial charge is 0.223 e. The van der Waals surface area contributed by atoms with Crippen molar-refractivity contribution in [3.63, 3.8) is 0 Å². The second kappa shape index (κ2) is 7.89. The van der Waals surface area contributed by atoms with E-state index in [9.17, 15) is 9.59 Å². The van der Waals surface area contributed by atoms with Crippen LogP contribution in [0.5, 0.6) is 5.75 Å². The van der Waals surface area contributed by atoms with E-state index in [1.54, 1.807) is 14.0 Å². The molecule has 0 aromatic heterocycles. The first-order valence-electron chi connectivity index (χ1n) is 9.27. The molecule has 0 N–H and O–H groups in total. The van der Waals surface area contributed by atoms with E-state index in [4.69, 9.17) is 4.74 Å². The van der Waals surface area contributed by atoms with Crippen LogP contribution in [0.2, 0.25) is 0 Å². The lowest BCUT2D eigenvalue weighted by Crippen LogP contribution is -2.52. The molecule has 1 heterocycles. The molecular formula is C20H28N2O3. The van der Waals surface area contributed by atoms with E-state index in [0.29, 0.717) is 32.0 Å². The molecule has 1 aromatic carbocycles. The number of carbonyl (C=O) groups is 2. The normalized spacial score (nSPS) is 21.4. The minimum atomic E-state index is -0.0718. The van der Waals surface area contributed by atoms with Gasteiger partial charge in [0.25, 0.3) is 0 Å². The van der Waals surface area contributed by atoms with Crippen LogP contribution >= 0.6 is 0 Å². The zero-order valence-electron chi connectivity index (χ0n) is 15.2. The van der Waals surface area contributed by atoms with Gasteiger partial charge < -0.3 is 14.5 Å². The van der Waals surface area contributed by atoms with Crippen molar-refractivity contribution >= 4 is 11.8 Å². The van der Waals surface area contributed by atoms with Gasteiger partial charge in [-0.25, -0.2) is 0 Å². The van der Waals surface area contributed by atoms with Crippen LogP contribution in [0.25, 0.3) is 0 Å². The minimum Gasteiger partial charge on any atom is -0.497 e. The second-order valence-corrected chi connectivity index (χ2v) is 7.20. The number of nitrogens with zero attached hydrogens (tertiary/aromatic N) is 2. The lowest BCUT2D eigenvalue weighted by atomic mass is 9.98. The Morgan fingerprint density at radius 2 is 1.80 bits per heavy atom. The molecule has 2 amide bonds. The van der Waals surface area contributed by atoms with Crippen LogP contribution in [-0.4, -0.2) is 48.4 Å². The first kappa shape index (κ1) is 17.8. The summed E-state index contributed by atoms with van der Waals surface area (Å²) in [7, 11) is 1.64. The molecule has 0 radical (unpaired) electrons. The number of hydrogen-bond donors (Lipinski definition) is 0. The van der Waals surface area contributed by atoms with Gasteiger partial charge >= 0.3 is 0 Å². The topological polar surface area (TPSA) is 49.9 Å². The molecule has 1 saturated carbocycles. The predicted molar refractivity (Wildman–Crippen MR) is 96.3 cm³/mol. The lowest BCUT2D eigenvalue weighted by Gasteiger charge is -2.42. The Morgan fingerprint density at radius 1 is 1.12 bits per heavy atom. The van der Waals surface area contributed by atoms with Gasteiger partial charge in [0.1, 0.15) is 5.75 Å². The number of carbonyl (C=O) groups excluding carboxylic acids is 2. The Balaban J connectivity index is 1.78. The number of ether oxygens (including phenoxy) is 1. The third-order valence-corrected chi connectivity index (χ3v) is 5.58. The molecule has 136 valence electrons. The van der Waals surface area contributed by atoms with Crippen LogP contribution in [0.15, 0.2) is 24.3 Å². The molecule has 5 heteroatoms. The molecule has 2 fully saturated rings. The molecule has 2 aliphatic rings.